The number of hydrogen-bond donors (Lipinski definition) is 11. The van der Waals surface area contributed by atoms with Crippen molar-refractivity contribution in [2.75, 3.05) is 13.1 Å². The van der Waals surface area contributed by atoms with Crippen molar-refractivity contribution in [2.24, 2.45) is 35.3 Å². The maximum absolute atomic E-state index is 14.2. The summed E-state index contributed by atoms with van der Waals surface area (Å²) in [6, 6.07) is 11.1. The van der Waals surface area contributed by atoms with Crippen LogP contribution in [0.1, 0.15) is 92.7 Å². The molecule has 2 aromatic rings. The van der Waals surface area contributed by atoms with Gasteiger partial charge in [0, 0.05) is 12.8 Å². The van der Waals surface area contributed by atoms with Gasteiger partial charge in [0.25, 0.3) is 0 Å². The Morgan fingerprint density at radius 3 is 1.52 bits per heavy atom. The van der Waals surface area contributed by atoms with E-state index in [1.165, 1.54) is 6.92 Å². The van der Waals surface area contributed by atoms with E-state index in [-0.39, 0.29) is 50.0 Å². The van der Waals surface area contributed by atoms with Crippen LogP contribution in [-0.4, -0.2) is 119 Å². The molecule has 1 unspecified atom stereocenters. The highest BCUT2D eigenvalue weighted by molar-refractivity contribution is 6.03. The number of nitrogens with one attached hydrogen (secondary N) is 8. The lowest BCUT2D eigenvalue weighted by molar-refractivity contribution is -0.144. The monoisotopic (exact) mass is 966 g/mol. The molecule has 0 bridgehead atoms. The molecule has 0 saturated heterocycles. The first-order valence-electron chi connectivity index (χ1n) is 23.5. The number of carboxylic acids is 1. The average Bonchev–Trinajstić information content (AvgIpc) is 3.27. The molecule has 0 aliphatic rings. The van der Waals surface area contributed by atoms with Gasteiger partial charge in [0.15, 0.2) is 0 Å². The van der Waals surface area contributed by atoms with Gasteiger partial charge in [-0.15, -0.1) is 0 Å². The van der Waals surface area contributed by atoms with Gasteiger partial charge in [0.1, 0.15) is 42.3 Å². The zero-order chi connectivity index (χ0) is 52.0. The number of nitrogens with two attached hydrogens (primary N) is 1. The van der Waals surface area contributed by atoms with Crippen molar-refractivity contribution < 1.29 is 53.4 Å². The maximum atomic E-state index is 14.2. The third-order valence-electron chi connectivity index (χ3n) is 11.2. The van der Waals surface area contributed by atoms with Crippen molar-refractivity contribution in [3.05, 3.63) is 71.8 Å². The highest BCUT2D eigenvalue weighted by Crippen LogP contribution is 2.16. The minimum atomic E-state index is -1.62. The summed E-state index contributed by atoms with van der Waals surface area (Å²) in [6.07, 6.45) is -1.82. The van der Waals surface area contributed by atoms with Gasteiger partial charge in [-0.25, -0.2) is 4.79 Å². The number of carboxylic acid groups (broad SMARTS) is 1. The molecule has 20 nitrogen and oxygen atoms in total. The number of hydrogen-bond acceptors (Lipinski definition) is 11. The largest absolute Gasteiger partial charge is 0.480 e. The van der Waals surface area contributed by atoms with Crippen LogP contribution < -0.4 is 48.3 Å². The number of carbonyl (C=O) groups is 9. The standard InChI is InChI=1S/C49H75N9O11/c1-10-30(8)41(57-38(60)25-50)47(66)53-34(21-27(2)3)43(62)51-26-39(61)55-37(24-33-19-15-12-16-20-33)56-46(65)40(29(6)7)45(64)52-35(23-32-17-13-11-14-18-32)44(63)58-42(31(9)59)48(67)54-36(49(68)69)22-28(4)5/h11-20,27-31,34-37,40-42,59H,10,21-26,50H2,1-9H3,(H,51,62)(H,52,64)(H,53,66)(H,54,67)(H,55,61)(H,56,65)(H,57,60)(H,58,63)(H,68,69)/t30-,31+,34-,35-,36-,37-,40?,41-,42-/m0/s1. The minimum absolute atomic E-state index is 0.0536. The Balaban J connectivity index is 2.35. The number of carbonyl (C=O) groups excluding carboxylic acids is 8. The molecule has 0 aromatic heterocycles. The quantitative estimate of drug-likeness (QED) is 0.0390. The molecule has 2 rings (SSSR count). The second-order valence-corrected chi connectivity index (χ2v) is 18.6. The summed E-state index contributed by atoms with van der Waals surface area (Å²) in [5, 5.41) is 41.1. The Labute approximate surface area is 405 Å². The molecular formula is C49H75N9O11. The Bertz CT molecular complexity index is 2020. The minimum Gasteiger partial charge on any atom is -0.480 e. The first-order valence-corrected chi connectivity index (χ1v) is 23.5. The molecule has 12 N–H and O–H groups in total. The third kappa shape index (κ3) is 20.8. The number of rotatable bonds is 29. The summed E-state index contributed by atoms with van der Waals surface area (Å²) in [5.74, 6) is -9.89. The zero-order valence-corrected chi connectivity index (χ0v) is 41.3. The SMILES string of the molecule is CC[C@H](C)[C@H](NC(=O)CN)C(=O)N[C@@H](CC(C)C)C(=O)NCC(=O)N[C@H](Cc1ccccc1)NC(=O)C(C(=O)N[C@@H](Cc1ccccc1)C(=O)N[C@H](C(=O)N[C@@H](CC(C)C)C(=O)O)[C@@H](C)O)C(C)C. The Morgan fingerprint density at radius 2 is 1.03 bits per heavy atom. The summed E-state index contributed by atoms with van der Waals surface area (Å²) in [7, 11) is 0. The van der Waals surface area contributed by atoms with E-state index in [4.69, 9.17) is 5.73 Å². The molecule has 382 valence electrons. The highest BCUT2D eigenvalue weighted by Gasteiger charge is 2.37. The van der Waals surface area contributed by atoms with Crippen molar-refractivity contribution >= 4 is 53.2 Å². The van der Waals surface area contributed by atoms with Crippen molar-refractivity contribution in [2.45, 2.75) is 137 Å². The zero-order valence-electron chi connectivity index (χ0n) is 41.3. The number of aliphatic hydroxyl groups is 1. The first-order chi connectivity index (χ1) is 32.5. The lowest BCUT2D eigenvalue weighted by atomic mass is 9.92. The van der Waals surface area contributed by atoms with E-state index in [1.54, 1.807) is 95.3 Å². The first kappa shape index (κ1) is 58.7. The summed E-state index contributed by atoms with van der Waals surface area (Å²) in [4.78, 5) is 120. The second kappa shape index (κ2) is 29.5. The topological polar surface area (TPSA) is 316 Å². The van der Waals surface area contributed by atoms with E-state index in [2.05, 4.69) is 42.5 Å². The van der Waals surface area contributed by atoms with Gasteiger partial charge < -0.3 is 58.5 Å². The van der Waals surface area contributed by atoms with E-state index in [1.807, 2.05) is 20.8 Å². The molecule has 0 heterocycles. The number of aliphatic hydroxyl groups excluding tert-OH is 1. The molecule has 0 fully saturated rings. The van der Waals surface area contributed by atoms with Crippen LogP contribution in [0.2, 0.25) is 0 Å². The number of amides is 8. The lowest BCUT2D eigenvalue weighted by Crippen LogP contribution is -2.60. The summed E-state index contributed by atoms with van der Waals surface area (Å²) in [6.45, 7) is 14.5. The van der Waals surface area contributed by atoms with Gasteiger partial charge in [-0.05, 0) is 54.6 Å². The molecule has 0 aliphatic carbocycles. The Morgan fingerprint density at radius 1 is 0.536 bits per heavy atom. The van der Waals surface area contributed by atoms with Gasteiger partial charge in [-0.2, -0.15) is 0 Å². The van der Waals surface area contributed by atoms with Crippen LogP contribution in [0.15, 0.2) is 60.7 Å². The normalized spacial score (nSPS) is 15.2. The van der Waals surface area contributed by atoms with Crippen LogP contribution >= 0.6 is 0 Å². The third-order valence-corrected chi connectivity index (χ3v) is 11.2. The second-order valence-electron chi connectivity index (χ2n) is 18.6. The Hall–Kier alpha value is -6.41. The van der Waals surface area contributed by atoms with Crippen molar-refractivity contribution in [1.82, 2.24) is 42.5 Å². The van der Waals surface area contributed by atoms with Crippen LogP contribution in [0.5, 0.6) is 0 Å². The summed E-state index contributed by atoms with van der Waals surface area (Å²) >= 11 is 0. The van der Waals surface area contributed by atoms with Crippen molar-refractivity contribution in [1.29, 1.82) is 0 Å². The fourth-order valence-electron chi connectivity index (χ4n) is 7.34. The molecule has 0 radical (unpaired) electrons. The predicted molar refractivity (Wildman–Crippen MR) is 258 cm³/mol. The van der Waals surface area contributed by atoms with Gasteiger partial charge in [-0.1, -0.05) is 122 Å². The van der Waals surface area contributed by atoms with Crippen molar-refractivity contribution in [3.8, 4) is 0 Å². The van der Waals surface area contributed by atoms with Crippen LogP contribution in [0.25, 0.3) is 0 Å². The summed E-state index contributed by atoms with van der Waals surface area (Å²) < 4.78 is 0. The smallest absolute Gasteiger partial charge is 0.326 e. The van der Waals surface area contributed by atoms with Gasteiger partial charge in [0.2, 0.25) is 47.3 Å². The highest BCUT2D eigenvalue weighted by atomic mass is 16.4. The van der Waals surface area contributed by atoms with E-state index in [0.29, 0.717) is 17.5 Å². The van der Waals surface area contributed by atoms with Crippen molar-refractivity contribution in [3.63, 3.8) is 0 Å². The fraction of sp³-hybridized carbons (Fsp3) is 0.571. The van der Waals surface area contributed by atoms with Gasteiger partial charge in [-0.3, -0.25) is 38.4 Å². The molecular weight excluding hydrogens is 891 g/mol. The van der Waals surface area contributed by atoms with Gasteiger partial charge >= 0.3 is 5.97 Å². The van der Waals surface area contributed by atoms with Crippen LogP contribution in [0, 0.1) is 29.6 Å². The number of aliphatic carboxylic acids is 1. The molecule has 0 aliphatic heterocycles. The molecule has 20 heteroatoms. The van der Waals surface area contributed by atoms with E-state index in [9.17, 15) is 53.4 Å². The van der Waals surface area contributed by atoms with E-state index < -0.39 is 114 Å². The van der Waals surface area contributed by atoms with Crippen LogP contribution in [0.3, 0.4) is 0 Å². The van der Waals surface area contributed by atoms with E-state index >= 15 is 0 Å². The number of benzene rings is 2. The predicted octanol–water partition coefficient (Wildman–Crippen LogP) is 0.405. The lowest BCUT2D eigenvalue weighted by Gasteiger charge is -2.29. The molecule has 2 aromatic carbocycles. The molecule has 69 heavy (non-hydrogen) atoms. The van der Waals surface area contributed by atoms with Crippen LogP contribution in [-0.2, 0) is 56.0 Å². The average molecular weight is 966 g/mol. The molecule has 0 saturated carbocycles. The van der Waals surface area contributed by atoms with E-state index in [0.717, 1.165) is 0 Å². The maximum Gasteiger partial charge on any atom is 0.326 e. The summed E-state index contributed by atoms with van der Waals surface area (Å²) in [5.41, 5.74) is 6.77. The Kier molecular flexibility index (Phi) is 25.1. The molecule has 8 amide bonds. The molecule has 0 spiro atoms. The molecule has 9 atom stereocenters. The fourth-order valence-corrected chi connectivity index (χ4v) is 7.34. The van der Waals surface area contributed by atoms with Gasteiger partial charge in [0.05, 0.1) is 19.2 Å². The van der Waals surface area contributed by atoms with Crippen LogP contribution in [0.4, 0.5) is 0 Å².